The van der Waals surface area contributed by atoms with Crippen molar-refractivity contribution in [3.63, 3.8) is 0 Å². The third-order valence-electron chi connectivity index (χ3n) is 3.80. The summed E-state index contributed by atoms with van der Waals surface area (Å²) in [7, 11) is 0. The van der Waals surface area contributed by atoms with Gasteiger partial charge in [0, 0.05) is 6.04 Å². The van der Waals surface area contributed by atoms with Gasteiger partial charge in [-0.1, -0.05) is 57.2 Å². The molecule has 0 aliphatic carbocycles. The lowest BCUT2D eigenvalue weighted by Gasteiger charge is -2.28. The van der Waals surface area contributed by atoms with Gasteiger partial charge in [-0.3, -0.25) is 0 Å². The van der Waals surface area contributed by atoms with Crippen LogP contribution in [0.4, 0.5) is 0 Å². The molecule has 20 heavy (non-hydrogen) atoms. The molecule has 0 amide bonds. The summed E-state index contributed by atoms with van der Waals surface area (Å²) in [6.45, 7) is 7.38. The molecule has 0 aromatic heterocycles. The first-order valence-electron chi connectivity index (χ1n) is 7.53. The molecule has 2 N–H and O–H groups in total. The molecule has 2 rings (SSSR count). The minimum atomic E-state index is -0.467. The van der Waals surface area contributed by atoms with E-state index in [2.05, 4.69) is 50.4 Å². The maximum Gasteiger partial charge on any atom is 0.0945 e. The van der Waals surface area contributed by atoms with E-state index in [9.17, 15) is 5.11 Å². The van der Waals surface area contributed by atoms with Gasteiger partial charge in [0.15, 0.2) is 0 Å². The van der Waals surface area contributed by atoms with Crippen LogP contribution in [0, 0.1) is 5.92 Å². The lowest BCUT2D eigenvalue weighted by molar-refractivity contribution is 0.105. The van der Waals surface area contributed by atoms with Gasteiger partial charge in [0.25, 0.3) is 0 Å². The molecule has 2 atom stereocenters. The van der Waals surface area contributed by atoms with Crippen molar-refractivity contribution in [3.05, 3.63) is 48.0 Å². The van der Waals surface area contributed by atoms with E-state index in [4.69, 9.17) is 0 Å². The van der Waals surface area contributed by atoms with Crippen LogP contribution in [0.2, 0.25) is 0 Å². The standard InChI is InChI=1S/C18H25NO/c1-4-11-19-17(13(2)3)18(20)16-10-9-14-7-5-6-8-15(14)12-16/h5-10,12-13,17-20H,4,11H2,1-3H3. The fourth-order valence-corrected chi connectivity index (χ4v) is 2.62. The van der Waals surface area contributed by atoms with Crippen LogP contribution in [0.25, 0.3) is 10.8 Å². The van der Waals surface area contributed by atoms with Gasteiger partial charge in [0.1, 0.15) is 0 Å². The average Bonchev–Trinajstić information content (AvgIpc) is 2.46. The van der Waals surface area contributed by atoms with Crippen LogP contribution in [-0.2, 0) is 0 Å². The summed E-state index contributed by atoms with van der Waals surface area (Å²) < 4.78 is 0. The van der Waals surface area contributed by atoms with Crippen LogP contribution < -0.4 is 5.32 Å². The second-order valence-corrected chi connectivity index (χ2v) is 5.78. The fourth-order valence-electron chi connectivity index (χ4n) is 2.62. The lowest BCUT2D eigenvalue weighted by atomic mass is 9.92. The quantitative estimate of drug-likeness (QED) is 0.835. The number of hydrogen-bond acceptors (Lipinski definition) is 2. The summed E-state index contributed by atoms with van der Waals surface area (Å²) in [6, 6.07) is 14.6. The van der Waals surface area contributed by atoms with Crippen LogP contribution in [-0.4, -0.2) is 17.7 Å². The molecule has 2 aromatic rings. The molecule has 0 radical (unpaired) electrons. The first-order valence-corrected chi connectivity index (χ1v) is 7.53. The van der Waals surface area contributed by atoms with Gasteiger partial charge in [0.2, 0.25) is 0 Å². The smallest absolute Gasteiger partial charge is 0.0945 e. The number of benzene rings is 2. The maximum atomic E-state index is 10.7. The molecule has 0 saturated carbocycles. The highest BCUT2D eigenvalue weighted by Crippen LogP contribution is 2.25. The first kappa shape index (κ1) is 15.0. The summed E-state index contributed by atoms with van der Waals surface area (Å²) in [4.78, 5) is 0. The molecule has 2 aromatic carbocycles. The first-order chi connectivity index (χ1) is 9.63. The van der Waals surface area contributed by atoms with E-state index in [0.29, 0.717) is 5.92 Å². The number of hydrogen-bond donors (Lipinski definition) is 2. The van der Waals surface area contributed by atoms with Crippen molar-refractivity contribution in [2.45, 2.75) is 39.3 Å². The van der Waals surface area contributed by atoms with Crippen molar-refractivity contribution >= 4 is 10.8 Å². The summed E-state index contributed by atoms with van der Waals surface area (Å²) in [6.07, 6.45) is 0.611. The SMILES string of the molecule is CCCNC(C(C)C)C(O)c1ccc2ccccc2c1. The Balaban J connectivity index is 2.25. The Morgan fingerprint density at radius 1 is 1.05 bits per heavy atom. The monoisotopic (exact) mass is 271 g/mol. The highest BCUT2D eigenvalue weighted by atomic mass is 16.3. The number of aliphatic hydroxyl groups is 1. The zero-order valence-electron chi connectivity index (χ0n) is 12.6. The summed E-state index contributed by atoms with van der Waals surface area (Å²) in [5.74, 6) is 0.392. The number of fused-ring (bicyclic) bond motifs is 1. The number of aliphatic hydroxyl groups excluding tert-OH is 1. The summed E-state index contributed by atoms with van der Waals surface area (Å²) in [5.41, 5.74) is 0.992. The van der Waals surface area contributed by atoms with E-state index in [0.717, 1.165) is 18.5 Å². The number of nitrogens with one attached hydrogen (secondary N) is 1. The molecule has 0 spiro atoms. The lowest BCUT2D eigenvalue weighted by Crippen LogP contribution is -2.39. The Kier molecular flexibility index (Phi) is 5.16. The Labute approximate surface area is 121 Å². The molecule has 0 heterocycles. The maximum absolute atomic E-state index is 10.7. The number of rotatable bonds is 6. The highest BCUT2D eigenvalue weighted by Gasteiger charge is 2.23. The van der Waals surface area contributed by atoms with E-state index in [-0.39, 0.29) is 6.04 Å². The Bertz CT molecular complexity index is 550. The van der Waals surface area contributed by atoms with Crippen molar-refractivity contribution in [1.82, 2.24) is 5.32 Å². The molecule has 0 aliphatic rings. The van der Waals surface area contributed by atoms with E-state index in [1.807, 2.05) is 18.2 Å². The van der Waals surface area contributed by atoms with Gasteiger partial charge < -0.3 is 10.4 Å². The van der Waals surface area contributed by atoms with Gasteiger partial charge in [0.05, 0.1) is 6.10 Å². The Morgan fingerprint density at radius 2 is 1.75 bits per heavy atom. The second-order valence-electron chi connectivity index (χ2n) is 5.78. The zero-order chi connectivity index (χ0) is 14.5. The molecule has 2 nitrogen and oxygen atoms in total. The fraction of sp³-hybridized carbons (Fsp3) is 0.444. The van der Waals surface area contributed by atoms with Crippen LogP contribution in [0.3, 0.4) is 0 Å². The van der Waals surface area contributed by atoms with Crippen LogP contribution in [0.5, 0.6) is 0 Å². The molecule has 0 fully saturated rings. The molecule has 0 saturated heterocycles. The Hall–Kier alpha value is -1.38. The minimum absolute atomic E-state index is 0.0936. The summed E-state index contributed by atoms with van der Waals surface area (Å²) >= 11 is 0. The third-order valence-corrected chi connectivity index (χ3v) is 3.80. The van der Waals surface area contributed by atoms with Crippen molar-refractivity contribution in [2.24, 2.45) is 5.92 Å². The van der Waals surface area contributed by atoms with Crippen molar-refractivity contribution in [2.75, 3.05) is 6.54 Å². The van der Waals surface area contributed by atoms with Crippen molar-refractivity contribution in [3.8, 4) is 0 Å². The van der Waals surface area contributed by atoms with E-state index < -0.39 is 6.10 Å². The van der Waals surface area contributed by atoms with Crippen molar-refractivity contribution in [1.29, 1.82) is 0 Å². The predicted octanol–water partition coefficient (Wildman–Crippen LogP) is 3.90. The van der Waals surface area contributed by atoms with E-state index in [1.54, 1.807) is 0 Å². The summed E-state index contributed by atoms with van der Waals surface area (Å²) in [5, 5.41) is 16.5. The van der Waals surface area contributed by atoms with Crippen LogP contribution in [0.15, 0.2) is 42.5 Å². The van der Waals surface area contributed by atoms with Gasteiger partial charge in [-0.2, -0.15) is 0 Å². The topological polar surface area (TPSA) is 32.3 Å². The predicted molar refractivity (Wildman–Crippen MR) is 85.8 cm³/mol. The van der Waals surface area contributed by atoms with Gasteiger partial charge in [-0.05, 0) is 41.3 Å². The molecular weight excluding hydrogens is 246 g/mol. The largest absolute Gasteiger partial charge is 0.387 e. The molecule has 108 valence electrons. The van der Waals surface area contributed by atoms with Crippen molar-refractivity contribution < 1.29 is 5.11 Å². The molecule has 2 heteroatoms. The minimum Gasteiger partial charge on any atom is -0.387 e. The van der Waals surface area contributed by atoms with Crippen LogP contribution >= 0.6 is 0 Å². The third kappa shape index (κ3) is 3.38. The molecule has 0 bridgehead atoms. The second kappa shape index (κ2) is 6.87. The van der Waals surface area contributed by atoms with Gasteiger partial charge >= 0.3 is 0 Å². The molecular formula is C18H25NO. The van der Waals surface area contributed by atoms with Crippen LogP contribution in [0.1, 0.15) is 38.9 Å². The molecule has 0 aliphatic heterocycles. The van der Waals surface area contributed by atoms with E-state index >= 15 is 0 Å². The molecule has 2 unspecified atom stereocenters. The van der Waals surface area contributed by atoms with Gasteiger partial charge in [-0.15, -0.1) is 0 Å². The normalized spacial score (nSPS) is 14.7. The Morgan fingerprint density at radius 3 is 2.40 bits per heavy atom. The van der Waals surface area contributed by atoms with E-state index in [1.165, 1.54) is 10.8 Å². The zero-order valence-corrected chi connectivity index (χ0v) is 12.6. The average molecular weight is 271 g/mol. The van der Waals surface area contributed by atoms with Gasteiger partial charge in [-0.25, -0.2) is 0 Å². The highest BCUT2D eigenvalue weighted by molar-refractivity contribution is 5.83.